The van der Waals surface area contributed by atoms with Gasteiger partial charge in [0.25, 0.3) is 0 Å². The molecule has 0 saturated carbocycles. The van der Waals surface area contributed by atoms with E-state index in [1.165, 1.54) is 7.11 Å². The van der Waals surface area contributed by atoms with Crippen LogP contribution in [0.5, 0.6) is 0 Å². The molecule has 2 rings (SSSR count). The second kappa shape index (κ2) is 4.29. The van der Waals surface area contributed by atoms with Crippen molar-refractivity contribution >= 4 is 11.8 Å². The Bertz CT molecular complexity index is 561. The number of benzene rings is 1. The lowest BCUT2D eigenvalue weighted by molar-refractivity contribution is 0.0600. The Morgan fingerprint density at radius 1 is 1.41 bits per heavy atom. The maximum absolute atomic E-state index is 11.4. The van der Waals surface area contributed by atoms with E-state index in [1.54, 1.807) is 29.1 Å². The van der Waals surface area contributed by atoms with Gasteiger partial charge in [0.2, 0.25) is 0 Å². The van der Waals surface area contributed by atoms with E-state index in [0.29, 0.717) is 11.4 Å². The Kier molecular flexibility index (Phi) is 2.82. The zero-order chi connectivity index (χ0) is 12.4. The van der Waals surface area contributed by atoms with Crippen molar-refractivity contribution in [1.29, 1.82) is 0 Å². The van der Waals surface area contributed by atoms with E-state index in [9.17, 15) is 4.79 Å². The summed E-state index contributed by atoms with van der Waals surface area (Å²) >= 11 is 0. The van der Waals surface area contributed by atoms with Gasteiger partial charge in [-0.2, -0.15) is 5.10 Å². The van der Waals surface area contributed by atoms with E-state index >= 15 is 0 Å². The predicted molar refractivity (Wildman–Crippen MR) is 64.1 cm³/mol. The molecule has 0 unspecified atom stereocenters. The molecule has 0 aliphatic rings. The Hall–Kier alpha value is -2.30. The molecular weight excluding hydrogens is 218 g/mol. The smallest absolute Gasteiger partial charge is 0.338 e. The first-order chi connectivity index (χ1) is 8.11. The van der Waals surface area contributed by atoms with E-state index in [-0.39, 0.29) is 5.97 Å². The van der Waals surface area contributed by atoms with Crippen LogP contribution in [0.1, 0.15) is 15.9 Å². The third-order valence-corrected chi connectivity index (χ3v) is 2.49. The fourth-order valence-electron chi connectivity index (χ4n) is 1.61. The number of carbonyl (C=O) groups excluding carboxylic acids is 1. The minimum Gasteiger partial charge on any atom is -0.465 e. The molecule has 0 radical (unpaired) electrons. The molecule has 1 aromatic heterocycles. The van der Waals surface area contributed by atoms with E-state index in [1.807, 2.05) is 13.0 Å². The standard InChI is InChI=1S/C12H13N3O2/c1-8-7-9(15-6-5-11(13)14-15)3-4-10(8)12(16)17-2/h3-7H,1-2H3,(H2,13,14). The van der Waals surface area contributed by atoms with Gasteiger partial charge in [-0.25, -0.2) is 9.48 Å². The molecule has 0 atom stereocenters. The highest BCUT2D eigenvalue weighted by molar-refractivity contribution is 5.91. The van der Waals surface area contributed by atoms with Crippen molar-refractivity contribution in [3.05, 3.63) is 41.6 Å². The van der Waals surface area contributed by atoms with E-state index in [4.69, 9.17) is 5.73 Å². The second-order valence-corrected chi connectivity index (χ2v) is 3.68. The minimum absolute atomic E-state index is 0.339. The molecule has 0 saturated heterocycles. The fraction of sp³-hybridized carbons (Fsp3) is 0.167. The summed E-state index contributed by atoms with van der Waals surface area (Å²) in [6, 6.07) is 7.09. The number of hydrogen-bond donors (Lipinski definition) is 1. The minimum atomic E-state index is -0.339. The third kappa shape index (κ3) is 2.13. The topological polar surface area (TPSA) is 70.1 Å². The normalized spacial score (nSPS) is 10.2. The number of nitrogens with two attached hydrogens (primary N) is 1. The summed E-state index contributed by atoms with van der Waals surface area (Å²) in [7, 11) is 1.36. The van der Waals surface area contributed by atoms with Crippen LogP contribution < -0.4 is 5.73 Å². The number of methoxy groups -OCH3 is 1. The summed E-state index contributed by atoms with van der Waals surface area (Å²) in [5, 5.41) is 4.09. The number of esters is 1. The predicted octanol–water partition coefficient (Wildman–Crippen LogP) is 1.55. The molecule has 0 aliphatic carbocycles. The number of anilines is 1. The van der Waals surface area contributed by atoms with Gasteiger partial charge in [-0.15, -0.1) is 0 Å². The molecule has 0 amide bonds. The number of aromatic nitrogens is 2. The van der Waals surface area contributed by atoms with Crippen LogP contribution in [-0.4, -0.2) is 22.9 Å². The summed E-state index contributed by atoms with van der Waals surface area (Å²) in [5.74, 6) is 0.119. The van der Waals surface area contributed by atoms with Crippen LogP contribution in [0.2, 0.25) is 0 Å². The van der Waals surface area contributed by atoms with Gasteiger partial charge in [-0.3, -0.25) is 0 Å². The van der Waals surface area contributed by atoms with E-state index in [2.05, 4.69) is 9.84 Å². The van der Waals surface area contributed by atoms with Gasteiger partial charge < -0.3 is 10.5 Å². The molecule has 1 aromatic carbocycles. The maximum Gasteiger partial charge on any atom is 0.338 e. The van der Waals surface area contributed by atoms with Crippen molar-refractivity contribution in [3.63, 3.8) is 0 Å². The van der Waals surface area contributed by atoms with Crippen LogP contribution in [-0.2, 0) is 4.74 Å². The Labute approximate surface area is 98.8 Å². The Morgan fingerprint density at radius 2 is 2.18 bits per heavy atom. The summed E-state index contributed by atoms with van der Waals surface area (Å²) in [6.45, 7) is 1.85. The van der Waals surface area contributed by atoms with Gasteiger partial charge in [-0.1, -0.05) is 0 Å². The van der Waals surface area contributed by atoms with Crippen LogP contribution in [0.4, 0.5) is 5.82 Å². The van der Waals surface area contributed by atoms with Crippen LogP contribution in [0.25, 0.3) is 5.69 Å². The number of carbonyl (C=O) groups is 1. The average Bonchev–Trinajstić information content (AvgIpc) is 2.75. The largest absolute Gasteiger partial charge is 0.465 e. The van der Waals surface area contributed by atoms with Crippen LogP contribution in [0, 0.1) is 6.92 Å². The number of aryl methyl sites for hydroxylation is 1. The van der Waals surface area contributed by atoms with Crippen molar-refractivity contribution in [2.75, 3.05) is 12.8 Å². The molecule has 17 heavy (non-hydrogen) atoms. The van der Waals surface area contributed by atoms with Crippen molar-refractivity contribution in [2.24, 2.45) is 0 Å². The Morgan fingerprint density at radius 3 is 2.71 bits per heavy atom. The molecule has 88 valence electrons. The first-order valence-corrected chi connectivity index (χ1v) is 5.12. The zero-order valence-corrected chi connectivity index (χ0v) is 9.68. The quantitative estimate of drug-likeness (QED) is 0.796. The number of rotatable bonds is 2. The first-order valence-electron chi connectivity index (χ1n) is 5.12. The van der Waals surface area contributed by atoms with Crippen molar-refractivity contribution in [3.8, 4) is 5.69 Å². The van der Waals surface area contributed by atoms with E-state index in [0.717, 1.165) is 11.3 Å². The van der Waals surface area contributed by atoms with Crippen molar-refractivity contribution in [1.82, 2.24) is 9.78 Å². The van der Waals surface area contributed by atoms with Gasteiger partial charge in [-0.05, 0) is 30.7 Å². The Balaban J connectivity index is 2.40. The third-order valence-electron chi connectivity index (χ3n) is 2.49. The summed E-state index contributed by atoms with van der Waals surface area (Å²) in [5.41, 5.74) is 7.79. The first kappa shape index (κ1) is 11.2. The molecule has 0 bridgehead atoms. The van der Waals surface area contributed by atoms with Gasteiger partial charge in [0.05, 0.1) is 18.4 Å². The summed E-state index contributed by atoms with van der Waals surface area (Å²) in [4.78, 5) is 11.4. The highest BCUT2D eigenvalue weighted by Crippen LogP contribution is 2.15. The van der Waals surface area contributed by atoms with Gasteiger partial charge in [0, 0.05) is 12.3 Å². The fourth-order valence-corrected chi connectivity index (χ4v) is 1.61. The number of hydrogen-bond acceptors (Lipinski definition) is 4. The number of ether oxygens (including phenoxy) is 1. The monoisotopic (exact) mass is 231 g/mol. The average molecular weight is 231 g/mol. The summed E-state index contributed by atoms with van der Waals surface area (Å²) in [6.07, 6.45) is 1.77. The number of nitrogen functional groups attached to an aromatic ring is 1. The number of nitrogens with zero attached hydrogens (tertiary/aromatic N) is 2. The highest BCUT2D eigenvalue weighted by atomic mass is 16.5. The molecule has 0 aliphatic heterocycles. The maximum atomic E-state index is 11.4. The zero-order valence-electron chi connectivity index (χ0n) is 9.68. The highest BCUT2D eigenvalue weighted by Gasteiger charge is 2.10. The van der Waals surface area contributed by atoms with Gasteiger partial charge in [0.15, 0.2) is 0 Å². The lowest BCUT2D eigenvalue weighted by Crippen LogP contribution is -2.05. The van der Waals surface area contributed by atoms with Gasteiger partial charge in [0.1, 0.15) is 5.82 Å². The van der Waals surface area contributed by atoms with Crippen molar-refractivity contribution in [2.45, 2.75) is 6.92 Å². The molecule has 5 nitrogen and oxygen atoms in total. The van der Waals surface area contributed by atoms with Gasteiger partial charge >= 0.3 is 5.97 Å². The molecule has 0 fully saturated rings. The van der Waals surface area contributed by atoms with E-state index < -0.39 is 0 Å². The molecular formula is C12H13N3O2. The SMILES string of the molecule is COC(=O)c1ccc(-n2ccc(N)n2)cc1C. The van der Waals surface area contributed by atoms with Crippen LogP contribution >= 0.6 is 0 Å². The second-order valence-electron chi connectivity index (χ2n) is 3.68. The molecule has 2 N–H and O–H groups in total. The van der Waals surface area contributed by atoms with Crippen LogP contribution in [0.3, 0.4) is 0 Å². The van der Waals surface area contributed by atoms with Crippen molar-refractivity contribution < 1.29 is 9.53 Å². The molecule has 0 spiro atoms. The summed E-state index contributed by atoms with van der Waals surface area (Å²) < 4.78 is 6.34. The lowest BCUT2D eigenvalue weighted by atomic mass is 10.1. The van der Waals surface area contributed by atoms with Crippen LogP contribution in [0.15, 0.2) is 30.5 Å². The molecule has 5 heteroatoms. The molecule has 2 aromatic rings. The molecule has 1 heterocycles. The lowest BCUT2D eigenvalue weighted by Gasteiger charge is -2.06.